The van der Waals surface area contributed by atoms with Gasteiger partial charge in [-0.3, -0.25) is 4.90 Å². The van der Waals surface area contributed by atoms with Gasteiger partial charge in [0.2, 0.25) is 0 Å². The summed E-state index contributed by atoms with van der Waals surface area (Å²) in [5, 5.41) is 0. The summed E-state index contributed by atoms with van der Waals surface area (Å²) in [6.45, 7) is 24.7. The number of rotatable bonds is 8. The topological polar surface area (TPSA) is 11.4 Å². The fourth-order valence-corrected chi connectivity index (χ4v) is 5.28. The molecule has 0 amide bonds. The minimum absolute atomic E-state index is 0. The maximum Gasteiger partial charge on any atom is 0.0297 e. The van der Waals surface area contributed by atoms with E-state index in [2.05, 4.69) is 83.5 Å². The Labute approximate surface area is 218 Å². The van der Waals surface area contributed by atoms with Crippen LogP contribution in [0.2, 0.25) is 0 Å². The third kappa shape index (κ3) is 8.22. The van der Waals surface area contributed by atoms with Gasteiger partial charge in [0.25, 0.3) is 0 Å². The van der Waals surface area contributed by atoms with E-state index in [9.17, 15) is 0 Å². The molecule has 0 N–H and O–H groups in total. The molecule has 3 nitrogen and oxygen atoms in total. The summed E-state index contributed by atoms with van der Waals surface area (Å²) in [4.78, 5) is 5.31. The summed E-state index contributed by atoms with van der Waals surface area (Å²) in [6.07, 6.45) is 20.3. The van der Waals surface area contributed by atoms with Crippen molar-refractivity contribution >= 4 is 6.08 Å². The molecule has 1 aliphatic heterocycles. The van der Waals surface area contributed by atoms with Crippen molar-refractivity contribution in [3.63, 3.8) is 0 Å². The molecular formula is C32H53N3. The van der Waals surface area contributed by atoms with Crippen LogP contribution in [0, 0.1) is 5.92 Å². The van der Waals surface area contributed by atoms with Gasteiger partial charge < -0.3 is 9.47 Å². The van der Waals surface area contributed by atoms with Gasteiger partial charge in [0, 0.05) is 71.5 Å². The van der Waals surface area contributed by atoms with Crippen molar-refractivity contribution in [2.75, 3.05) is 39.3 Å². The molecule has 1 fully saturated rings. The minimum Gasteiger partial charge on any atom is -0.350 e. The van der Waals surface area contributed by atoms with Crippen molar-refractivity contribution in [2.45, 2.75) is 73.8 Å². The summed E-state index contributed by atoms with van der Waals surface area (Å²) in [7, 11) is 0. The van der Waals surface area contributed by atoms with Crippen LogP contribution in [-0.2, 0) is 13.0 Å². The third-order valence-corrected chi connectivity index (χ3v) is 7.28. The molecule has 0 saturated carbocycles. The van der Waals surface area contributed by atoms with Crippen LogP contribution in [0.5, 0.6) is 0 Å². The first-order valence-corrected chi connectivity index (χ1v) is 14.1. The van der Waals surface area contributed by atoms with E-state index >= 15 is 0 Å². The zero-order chi connectivity index (χ0) is 25.6. The van der Waals surface area contributed by atoms with E-state index in [1.165, 1.54) is 49.2 Å². The van der Waals surface area contributed by atoms with E-state index in [0.29, 0.717) is 5.92 Å². The fourth-order valence-electron chi connectivity index (χ4n) is 5.28. The van der Waals surface area contributed by atoms with E-state index in [1.807, 2.05) is 27.7 Å². The van der Waals surface area contributed by atoms with Crippen molar-refractivity contribution < 1.29 is 1.43 Å². The summed E-state index contributed by atoms with van der Waals surface area (Å²) < 4.78 is 2.44. The number of piperazine rings is 1. The summed E-state index contributed by atoms with van der Waals surface area (Å²) in [6, 6.07) is 2.25. The van der Waals surface area contributed by atoms with Gasteiger partial charge in [-0.05, 0) is 43.4 Å². The zero-order valence-corrected chi connectivity index (χ0v) is 23.5. The number of nitrogens with zero attached hydrogens (tertiary/aromatic N) is 3. The predicted octanol–water partition coefficient (Wildman–Crippen LogP) is 7.78. The van der Waals surface area contributed by atoms with Gasteiger partial charge in [0.05, 0.1) is 0 Å². The van der Waals surface area contributed by atoms with Gasteiger partial charge in [-0.25, -0.2) is 0 Å². The molecule has 0 aromatic carbocycles. The SMILES string of the molecule is C=CC(CN1CCN(CC2=C(CC)CCC=C2C)CC1)Cn1ccc2c1CC=CC=C2.CC.CC.[HH]. The molecule has 0 bridgehead atoms. The highest BCUT2D eigenvalue weighted by atomic mass is 15.3. The minimum atomic E-state index is 0. The van der Waals surface area contributed by atoms with Crippen LogP contribution in [0.25, 0.3) is 6.08 Å². The first kappa shape index (κ1) is 29.1. The van der Waals surface area contributed by atoms with Crippen LogP contribution in [0.4, 0.5) is 0 Å². The second-order valence-corrected chi connectivity index (χ2v) is 9.30. The molecule has 1 saturated heterocycles. The van der Waals surface area contributed by atoms with Gasteiger partial charge in [0.15, 0.2) is 0 Å². The van der Waals surface area contributed by atoms with E-state index < -0.39 is 0 Å². The van der Waals surface area contributed by atoms with E-state index in [-0.39, 0.29) is 1.43 Å². The zero-order valence-electron chi connectivity index (χ0n) is 23.5. The van der Waals surface area contributed by atoms with Crippen molar-refractivity contribution in [1.29, 1.82) is 0 Å². The average Bonchev–Trinajstić information content (AvgIpc) is 3.12. The maximum absolute atomic E-state index is 4.17. The highest BCUT2D eigenvalue weighted by molar-refractivity contribution is 5.56. The molecular weight excluding hydrogens is 426 g/mol. The van der Waals surface area contributed by atoms with Gasteiger partial charge >= 0.3 is 0 Å². The molecule has 1 atom stereocenters. The van der Waals surface area contributed by atoms with Crippen LogP contribution in [-0.4, -0.2) is 53.6 Å². The summed E-state index contributed by atoms with van der Waals surface area (Å²) >= 11 is 0. The lowest BCUT2D eigenvalue weighted by Gasteiger charge is -2.37. The van der Waals surface area contributed by atoms with Crippen LogP contribution < -0.4 is 0 Å². The van der Waals surface area contributed by atoms with Crippen molar-refractivity contribution in [3.05, 3.63) is 77.2 Å². The lowest BCUT2D eigenvalue weighted by atomic mass is 9.89. The normalized spacial score (nSPS) is 19.0. The summed E-state index contributed by atoms with van der Waals surface area (Å²) in [5.74, 6) is 0.484. The monoisotopic (exact) mass is 479 g/mol. The molecule has 1 aromatic rings. The predicted molar refractivity (Wildman–Crippen MR) is 158 cm³/mol. The van der Waals surface area contributed by atoms with E-state index in [1.54, 1.807) is 11.1 Å². The maximum atomic E-state index is 4.17. The second-order valence-electron chi connectivity index (χ2n) is 9.30. The largest absolute Gasteiger partial charge is 0.350 e. The van der Waals surface area contributed by atoms with Crippen LogP contribution in [0.3, 0.4) is 0 Å². The van der Waals surface area contributed by atoms with Crippen LogP contribution in [0.15, 0.2) is 65.9 Å². The quantitative estimate of drug-likeness (QED) is 0.353. The number of allylic oxidation sites excluding steroid dienone is 5. The lowest BCUT2D eigenvalue weighted by molar-refractivity contribution is 0.128. The van der Waals surface area contributed by atoms with Gasteiger partial charge in [-0.1, -0.05) is 82.2 Å². The van der Waals surface area contributed by atoms with Crippen LogP contribution in [0.1, 0.15) is 73.5 Å². The first-order valence-electron chi connectivity index (χ1n) is 14.1. The Bertz CT molecular complexity index is 895. The molecule has 2 aliphatic carbocycles. The highest BCUT2D eigenvalue weighted by Crippen LogP contribution is 2.28. The van der Waals surface area contributed by atoms with Crippen molar-refractivity contribution in [2.24, 2.45) is 5.92 Å². The highest BCUT2D eigenvalue weighted by Gasteiger charge is 2.22. The first-order chi connectivity index (χ1) is 17.2. The molecule has 4 rings (SSSR count). The fraction of sp³-hybridized carbons (Fsp3) is 0.562. The Hall–Kier alpha value is -2.10. The molecule has 196 valence electrons. The average molecular weight is 480 g/mol. The lowest BCUT2D eigenvalue weighted by Crippen LogP contribution is -2.48. The molecule has 3 heteroatoms. The molecule has 3 aliphatic rings. The second kappa shape index (κ2) is 15.8. The third-order valence-electron chi connectivity index (χ3n) is 7.28. The number of fused-ring (bicyclic) bond motifs is 1. The van der Waals surface area contributed by atoms with Crippen LogP contribution >= 0.6 is 0 Å². The number of aromatic nitrogens is 1. The van der Waals surface area contributed by atoms with Crippen molar-refractivity contribution in [1.82, 2.24) is 14.4 Å². The Balaban J connectivity index is 0.00000123. The Morgan fingerprint density at radius 3 is 2.43 bits per heavy atom. The Kier molecular flexibility index (Phi) is 13.2. The molecule has 1 unspecified atom stereocenters. The molecule has 0 spiro atoms. The summed E-state index contributed by atoms with van der Waals surface area (Å²) in [5.41, 5.74) is 7.62. The molecule has 35 heavy (non-hydrogen) atoms. The number of hydrogen-bond acceptors (Lipinski definition) is 2. The van der Waals surface area contributed by atoms with Crippen molar-refractivity contribution in [3.8, 4) is 0 Å². The number of hydrogen-bond donors (Lipinski definition) is 0. The Morgan fingerprint density at radius 1 is 1.03 bits per heavy atom. The van der Waals surface area contributed by atoms with E-state index in [0.717, 1.165) is 39.1 Å². The molecule has 1 aromatic heterocycles. The van der Waals surface area contributed by atoms with E-state index in [4.69, 9.17) is 0 Å². The smallest absolute Gasteiger partial charge is 0.0297 e. The Morgan fingerprint density at radius 2 is 1.74 bits per heavy atom. The standard InChI is InChI=1S/C28H39N3.2C2H6.H2/c1-4-24(21-31-15-14-26-11-7-6-8-13-28(26)31)20-29-16-18-30(19-17-29)22-27-23(3)10-9-12-25(27)5-2;2*1-2;/h4,6-8,10-11,14-15,24H,1,5,9,12-13,16-22H2,2-3H3;2*1-2H3;1H. The van der Waals surface area contributed by atoms with Gasteiger partial charge in [0.1, 0.15) is 0 Å². The van der Waals surface area contributed by atoms with Gasteiger partial charge in [-0.2, -0.15) is 0 Å². The molecule has 0 radical (unpaired) electrons. The molecule has 2 heterocycles. The van der Waals surface area contributed by atoms with Gasteiger partial charge in [-0.15, -0.1) is 6.58 Å².